The van der Waals surface area contributed by atoms with Gasteiger partial charge in [-0.05, 0) is 12.3 Å². The first-order chi connectivity index (χ1) is 7.19. The summed E-state index contributed by atoms with van der Waals surface area (Å²) in [6.07, 6.45) is 7.05. The molecule has 0 spiro atoms. The van der Waals surface area contributed by atoms with Crippen LogP contribution in [-0.4, -0.2) is 4.98 Å². The molecule has 82 valence electrons. The van der Waals surface area contributed by atoms with E-state index in [1.165, 1.54) is 10.7 Å². The molecule has 0 saturated heterocycles. The summed E-state index contributed by atoms with van der Waals surface area (Å²) in [4.78, 5) is 4.62. The molecule has 0 bridgehead atoms. The standard InChI is InChI=1S/C13H19NS/c1-5-7-8-10(3)11(4)12-9-15-13(6-2)14-12/h5,7-11H,1,6H2,2-4H3/b8-7-. The summed E-state index contributed by atoms with van der Waals surface area (Å²) in [5.41, 5.74) is 1.22. The monoisotopic (exact) mass is 221 g/mol. The second-order valence-electron chi connectivity index (χ2n) is 3.79. The van der Waals surface area contributed by atoms with Crippen LogP contribution in [-0.2, 0) is 6.42 Å². The molecule has 0 saturated carbocycles. The molecule has 0 aromatic carbocycles. The molecule has 1 aromatic heterocycles. The molecule has 1 nitrogen and oxygen atoms in total. The zero-order valence-corrected chi connectivity index (χ0v) is 10.6. The Morgan fingerprint density at radius 1 is 1.53 bits per heavy atom. The smallest absolute Gasteiger partial charge is 0.0925 e. The van der Waals surface area contributed by atoms with Crippen LogP contribution in [0.25, 0.3) is 0 Å². The number of hydrogen-bond donors (Lipinski definition) is 0. The van der Waals surface area contributed by atoms with Gasteiger partial charge in [-0.3, -0.25) is 0 Å². The lowest BCUT2D eigenvalue weighted by Crippen LogP contribution is -2.03. The molecule has 0 radical (unpaired) electrons. The van der Waals surface area contributed by atoms with Crippen molar-refractivity contribution < 1.29 is 0 Å². The van der Waals surface area contributed by atoms with E-state index in [-0.39, 0.29) is 0 Å². The predicted octanol–water partition coefficient (Wildman–Crippen LogP) is 4.19. The van der Waals surface area contributed by atoms with Gasteiger partial charge in [0, 0.05) is 11.3 Å². The zero-order valence-electron chi connectivity index (χ0n) is 9.73. The van der Waals surface area contributed by atoms with Gasteiger partial charge in [-0.15, -0.1) is 11.3 Å². The molecule has 0 N–H and O–H groups in total. The largest absolute Gasteiger partial charge is 0.246 e. The summed E-state index contributed by atoms with van der Waals surface area (Å²) in [5.74, 6) is 0.993. The molecule has 0 aliphatic rings. The highest BCUT2D eigenvalue weighted by Gasteiger charge is 2.14. The minimum absolute atomic E-state index is 0.484. The highest BCUT2D eigenvalue weighted by molar-refractivity contribution is 7.09. The fraction of sp³-hybridized carbons (Fsp3) is 0.462. The second-order valence-corrected chi connectivity index (χ2v) is 4.73. The van der Waals surface area contributed by atoms with Gasteiger partial charge in [-0.2, -0.15) is 0 Å². The first-order valence-corrected chi connectivity index (χ1v) is 6.30. The third-order valence-corrected chi connectivity index (χ3v) is 3.69. The van der Waals surface area contributed by atoms with E-state index in [4.69, 9.17) is 0 Å². The lowest BCUT2D eigenvalue weighted by Gasteiger charge is -2.13. The minimum atomic E-state index is 0.484. The first kappa shape index (κ1) is 12.2. The van der Waals surface area contributed by atoms with Crippen LogP contribution in [0.2, 0.25) is 0 Å². The fourth-order valence-corrected chi connectivity index (χ4v) is 2.24. The summed E-state index contributed by atoms with van der Waals surface area (Å²) in [7, 11) is 0. The normalized spacial score (nSPS) is 15.4. The Balaban J connectivity index is 2.70. The van der Waals surface area contributed by atoms with E-state index in [0.717, 1.165) is 6.42 Å². The lowest BCUT2D eigenvalue weighted by atomic mass is 9.93. The summed E-state index contributed by atoms with van der Waals surface area (Å²) < 4.78 is 0. The predicted molar refractivity (Wildman–Crippen MR) is 68.4 cm³/mol. The van der Waals surface area contributed by atoms with Crippen LogP contribution in [0.5, 0.6) is 0 Å². The third kappa shape index (κ3) is 3.31. The van der Waals surface area contributed by atoms with Crippen molar-refractivity contribution in [3.8, 4) is 0 Å². The van der Waals surface area contributed by atoms with Crippen molar-refractivity contribution in [1.29, 1.82) is 0 Å². The van der Waals surface area contributed by atoms with Crippen molar-refractivity contribution in [2.45, 2.75) is 33.1 Å². The van der Waals surface area contributed by atoms with Gasteiger partial charge in [0.15, 0.2) is 0 Å². The number of hydrogen-bond acceptors (Lipinski definition) is 2. The topological polar surface area (TPSA) is 12.9 Å². The van der Waals surface area contributed by atoms with Crippen LogP contribution in [0.3, 0.4) is 0 Å². The Kier molecular flexibility index (Phi) is 4.76. The van der Waals surface area contributed by atoms with Gasteiger partial charge in [0.25, 0.3) is 0 Å². The molecule has 2 unspecified atom stereocenters. The maximum Gasteiger partial charge on any atom is 0.0925 e. The van der Waals surface area contributed by atoms with Gasteiger partial charge < -0.3 is 0 Å². The van der Waals surface area contributed by atoms with Gasteiger partial charge in [0.2, 0.25) is 0 Å². The van der Waals surface area contributed by atoms with E-state index in [2.05, 4.69) is 43.8 Å². The zero-order chi connectivity index (χ0) is 11.3. The van der Waals surface area contributed by atoms with Gasteiger partial charge in [0.05, 0.1) is 10.7 Å². The molecule has 1 aromatic rings. The Hall–Kier alpha value is -0.890. The van der Waals surface area contributed by atoms with E-state index in [1.54, 1.807) is 11.3 Å². The van der Waals surface area contributed by atoms with Crippen LogP contribution in [0.15, 0.2) is 30.2 Å². The molecule has 2 atom stereocenters. The Morgan fingerprint density at radius 2 is 2.27 bits per heavy atom. The number of nitrogens with zero attached hydrogens (tertiary/aromatic N) is 1. The lowest BCUT2D eigenvalue weighted by molar-refractivity contribution is 0.578. The quantitative estimate of drug-likeness (QED) is 0.679. The van der Waals surface area contributed by atoms with Crippen molar-refractivity contribution in [3.63, 3.8) is 0 Å². The van der Waals surface area contributed by atoms with Gasteiger partial charge >= 0.3 is 0 Å². The van der Waals surface area contributed by atoms with E-state index >= 15 is 0 Å². The highest BCUT2D eigenvalue weighted by Crippen LogP contribution is 2.26. The molecule has 2 heteroatoms. The number of rotatable bonds is 5. The first-order valence-electron chi connectivity index (χ1n) is 5.42. The van der Waals surface area contributed by atoms with Crippen LogP contribution >= 0.6 is 11.3 Å². The highest BCUT2D eigenvalue weighted by atomic mass is 32.1. The van der Waals surface area contributed by atoms with Crippen LogP contribution < -0.4 is 0 Å². The summed E-state index contributed by atoms with van der Waals surface area (Å²) in [6, 6.07) is 0. The minimum Gasteiger partial charge on any atom is -0.246 e. The number of aromatic nitrogens is 1. The van der Waals surface area contributed by atoms with E-state index in [9.17, 15) is 0 Å². The van der Waals surface area contributed by atoms with Gasteiger partial charge in [0.1, 0.15) is 0 Å². The number of allylic oxidation sites excluding steroid dienone is 3. The van der Waals surface area contributed by atoms with Crippen molar-refractivity contribution in [1.82, 2.24) is 4.98 Å². The van der Waals surface area contributed by atoms with Crippen molar-refractivity contribution in [2.24, 2.45) is 5.92 Å². The van der Waals surface area contributed by atoms with Crippen LogP contribution in [0, 0.1) is 5.92 Å². The van der Waals surface area contributed by atoms with Gasteiger partial charge in [-0.1, -0.05) is 45.6 Å². The molecule has 1 rings (SSSR count). The maximum absolute atomic E-state index is 4.62. The molecule has 0 fully saturated rings. The summed E-state index contributed by atoms with van der Waals surface area (Å²) >= 11 is 1.76. The SMILES string of the molecule is C=C/C=C\C(C)C(C)c1csc(CC)n1. The molecule has 0 aliphatic heterocycles. The molecule has 1 heterocycles. The van der Waals surface area contributed by atoms with E-state index in [0.29, 0.717) is 11.8 Å². The maximum atomic E-state index is 4.62. The van der Waals surface area contributed by atoms with Crippen LogP contribution in [0.1, 0.15) is 37.4 Å². The molecular formula is C13H19NS. The van der Waals surface area contributed by atoms with E-state index < -0.39 is 0 Å². The molecule has 0 aliphatic carbocycles. The Bertz CT molecular complexity index is 338. The van der Waals surface area contributed by atoms with Crippen LogP contribution in [0.4, 0.5) is 0 Å². The Morgan fingerprint density at radius 3 is 2.80 bits per heavy atom. The average Bonchev–Trinajstić information content (AvgIpc) is 2.73. The summed E-state index contributed by atoms with van der Waals surface area (Å²) in [5, 5.41) is 3.42. The molecule has 0 amide bonds. The van der Waals surface area contributed by atoms with Crippen molar-refractivity contribution in [3.05, 3.63) is 40.9 Å². The van der Waals surface area contributed by atoms with Crippen molar-refractivity contribution in [2.75, 3.05) is 0 Å². The van der Waals surface area contributed by atoms with E-state index in [1.807, 2.05) is 12.2 Å². The number of aryl methyl sites for hydroxylation is 1. The average molecular weight is 221 g/mol. The Labute approximate surface area is 96.6 Å². The third-order valence-electron chi connectivity index (χ3n) is 2.68. The van der Waals surface area contributed by atoms with Gasteiger partial charge in [-0.25, -0.2) is 4.98 Å². The molecular weight excluding hydrogens is 202 g/mol. The van der Waals surface area contributed by atoms with Crippen molar-refractivity contribution >= 4 is 11.3 Å². The number of thiazole rings is 1. The second kappa shape index (κ2) is 5.86. The molecule has 15 heavy (non-hydrogen) atoms. The fourth-order valence-electron chi connectivity index (χ4n) is 1.39. The summed E-state index contributed by atoms with van der Waals surface area (Å²) in [6.45, 7) is 10.3.